The SMILES string of the molecule is COc1ccc(Cl)cc1NCC(=O)NCC1CCCO1. The summed E-state index contributed by atoms with van der Waals surface area (Å²) < 4.78 is 10.6. The van der Waals surface area contributed by atoms with Gasteiger partial charge in [-0.2, -0.15) is 0 Å². The van der Waals surface area contributed by atoms with Crippen molar-refractivity contribution < 1.29 is 14.3 Å². The molecule has 5 nitrogen and oxygen atoms in total. The van der Waals surface area contributed by atoms with E-state index in [2.05, 4.69) is 10.6 Å². The van der Waals surface area contributed by atoms with Gasteiger partial charge in [-0.3, -0.25) is 4.79 Å². The molecule has 1 saturated heterocycles. The lowest BCUT2D eigenvalue weighted by atomic mass is 10.2. The summed E-state index contributed by atoms with van der Waals surface area (Å²) in [5, 5.41) is 6.46. The average molecular weight is 299 g/mol. The Kier molecular flexibility index (Phi) is 5.49. The zero-order valence-corrected chi connectivity index (χ0v) is 12.2. The van der Waals surface area contributed by atoms with E-state index in [9.17, 15) is 4.79 Å². The zero-order chi connectivity index (χ0) is 14.4. The number of carbonyl (C=O) groups excluding carboxylic acids is 1. The van der Waals surface area contributed by atoms with Crippen LogP contribution in [0.3, 0.4) is 0 Å². The van der Waals surface area contributed by atoms with Crippen molar-refractivity contribution in [2.24, 2.45) is 0 Å². The molecular formula is C14H19ClN2O3. The summed E-state index contributed by atoms with van der Waals surface area (Å²) in [4.78, 5) is 11.8. The smallest absolute Gasteiger partial charge is 0.239 e. The minimum absolute atomic E-state index is 0.0810. The Morgan fingerprint density at radius 3 is 3.10 bits per heavy atom. The highest BCUT2D eigenvalue weighted by atomic mass is 35.5. The summed E-state index contributed by atoms with van der Waals surface area (Å²) in [5.74, 6) is 0.573. The van der Waals surface area contributed by atoms with Crippen LogP contribution in [0, 0.1) is 0 Å². The fraction of sp³-hybridized carbons (Fsp3) is 0.500. The Morgan fingerprint density at radius 2 is 2.40 bits per heavy atom. The summed E-state index contributed by atoms with van der Waals surface area (Å²) in [7, 11) is 1.58. The minimum Gasteiger partial charge on any atom is -0.495 e. The van der Waals surface area contributed by atoms with Gasteiger partial charge in [-0.15, -0.1) is 0 Å². The molecule has 0 radical (unpaired) electrons. The first-order valence-electron chi connectivity index (χ1n) is 6.65. The third-order valence-electron chi connectivity index (χ3n) is 3.15. The van der Waals surface area contributed by atoms with Gasteiger partial charge in [-0.1, -0.05) is 11.6 Å². The van der Waals surface area contributed by atoms with Crippen molar-refractivity contribution in [2.75, 3.05) is 32.1 Å². The van der Waals surface area contributed by atoms with Gasteiger partial charge in [0, 0.05) is 18.2 Å². The lowest BCUT2D eigenvalue weighted by Crippen LogP contribution is -2.35. The number of hydrogen-bond donors (Lipinski definition) is 2. The van der Waals surface area contributed by atoms with Crippen LogP contribution in [0.2, 0.25) is 5.02 Å². The predicted molar refractivity (Wildman–Crippen MR) is 78.5 cm³/mol. The highest BCUT2D eigenvalue weighted by Gasteiger charge is 2.16. The largest absolute Gasteiger partial charge is 0.495 e. The molecule has 0 saturated carbocycles. The maximum atomic E-state index is 11.8. The molecule has 0 bridgehead atoms. The van der Waals surface area contributed by atoms with Crippen LogP contribution in [0.5, 0.6) is 5.75 Å². The molecule has 20 heavy (non-hydrogen) atoms. The molecule has 1 unspecified atom stereocenters. The first kappa shape index (κ1) is 14.9. The van der Waals surface area contributed by atoms with Gasteiger partial charge in [0.25, 0.3) is 0 Å². The van der Waals surface area contributed by atoms with Crippen molar-refractivity contribution >= 4 is 23.2 Å². The van der Waals surface area contributed by atoms with E-state index in [-0.39, 0.29) is 18.6 Å². The highest BCUT2D eigenvalue weighted by molar-refractivity contribution is 6.30. The molecule has 1 heterocycles. The highest BCUT2D eigenvalue weighted by Crippen LogP contribution is 2.27. The normalized spacial score (nSPS) is 17.8. The molecule has 110 valence electrons. The van der Waals surface area contributed by atoms with Gasteiger partial charge in [0.15, 0.2) is 0 Å². The Morgan fingerprint density at radius 1 is 1.55 bits per heavy atom. The Labute approximate surface area is 123 Å². The average Bonchev–Trinajstić information content (AvgIpc) is 2.96. The summed E-state index contributed by atoms with van der Waals surface area (Å²) >= 11 is 5.92. The summed E-state index contributed by atoms with van der Waals surface area (Å²) in [5.41, 5.74) is 0.701. The number of carbonyl (C=O) groups is 1. The summed E-state index contributed by atoms with van der Waals surface area (Å²) in [6.45, 7) is 1.52. The topological polar surface area (TPSA) is 59.6 Å². The number of ether oxygens (including phenoxy) is 2. The molecule has 0 aromatic heterocycles. The van der Waals surface area contributed by atoms with Gasteiger partial charge in [-0.05, 0) is 31.0 Å². The predicted octanol–water partition coefficient (Wildman–Crippen LogP) is 2.06. The molecule has 1 aliphatic heterocycles. The van der Waals surface area contributed by atoms with E-state index in [1.54, 1.807) is 25.3 Å². The standard InChI is InChI=1S/C14H19ClN2O3/c1-19-13-5-4-10(15)7-12(13)16-9-14(18)17-8-11-3-2-6-20-11/h4-5,7,11,16H,2-3,6,8-9H2,1H3,(H,17,18). The van der Waals surface area contributed by atoms with E-state index in [1.165, 1.54) is 0 Å². The van der Waals surface area contributed by atoms with Crippen molar-refractivity contribution in [3.63, 3.8) is 0 Å². The van der Waals surface area contributed by atoms with Crippen LogP contribution >= 0.6 is 11.6 Å². The summed E-state index contributed by atoms with van der Waals surface area (Å²) in [6.07, 6.45) is 2.23. The van der Waals surface area contributed by atoms with Crippen LogP contribution in [-0.2, 0) is 9.53 Å². The van der Waals surface area contributed by atoms with Crippen LogP contribution in [-0.4, -0.2) is 38.8 Å². The van der Waals surface area contributed by atoms with Crippen LogP contribution in [0.1, 0.15) is 12.8 Å². The number of amides is 1. The molecular weight excluding hydrogens is 280 g/mol. The van der Waals surface area contributed by atoms with Crippen LogP contribution in [0.4, 0.5) is 5.69 Å². The van der Waals surface area contributed by atoms with E-state index >= 15 is 0 Å². The first-order chi connectivity index (χ1) is 9.69. The molecule has 1 aromatic rings. The van der Waals surface area contributed by atoms with E-state index < -0.39 is 0 Å². The molecule has 6 heteroatoms. The number of nitrogens with one attached hydrogen (secondary N) is 2. The van der Waals surface area contributed by atoms with Gasteiger partial charge in [-0.25, -0.2) is 0 Å². The molecule has 1 aliphatic rings. The van der Waals surface area contributed by atoms with Gasteiger partial charge in [0.1, 0.15) is 5.75 Å². The van der Waals surface area contributed by atoms with Crippen molar-refractivity contribution in [2.45, 2.75) is 18.9 Å². The molecule has 0 aliphatic carbocycles. The van der Waals surface area contributed by atoms with Crippen molar-refractivity contribution in [1.82, 2.24) is 5.32 Å². The van der Waals surface area contributed by atoms with Crippen LogP contribution < -0.4 is 15.4 Å². The van der Waals surface area contributed by atoms with Crippen molar-refractivity contribution in [3.8, 4) is 5.75 Å². The second-order valence-electron chi connectivity index (χ2n) is 4.64. The van der Waals surface area contributed by atoms with E-state index in [0.717, 1.165) is 19.4 Å². The van der Waals surface area contributed by atoms with Crippen molar-refractivity contribution in [1.29, 1.82) is 0 Å². The van der Waals surface area contributed by atoms with E-state index in [4.69, 9.17) is 21.1 Å². The molecule has 0 spiro atoms. The van der Waals surface area contributed by atoms with Crippen molar-refractivity contribution in [3.05, 3.63) is 23.2 Å². The second-order valence-corrected chi connectivity index (χ2v) is 5.07. The van der Waals surface area contributed by atoms with Crippen LogP contribution in [0.25, 0.3) is 0 Å². The first-order valence-corrected chi connectivity index (χ1v) is 7.02. The maximum Gasteiger partial charge on any atom is 0.239 e. The van der Waals surface area contributed by atoms with Gasteiger partial charge >= 0.3 is 0 Å². The van der Waals surface area contributed by atoms with Gasteiger partial charge in [0.05, 0.1) is 25.4 Å². The lowest BCUT2D eigenvalue weighted by Gasteiger charge is -2.13. The molecule has 1 amide bonds. The lowest BCUT2D eigenvalue weighted by molar-refractivity contribution is -0.119. The number of halogens is 1. The number of hydrogen-bond acceptors (Lipinski definition) is 4. The van der Waals surface area contributed by atoms with Crippen LogP contribution in [0.15, 0.2) is 18.2 Å². The molecule has 2 rings (SSSR count). The molecule has 1 atom stereocenters. The minimum atomic E-state index is -0.0810. The maximum absolute atomic E-state index is 11.8. The summed E-state index contributed by atoms with van der Waals surface area (Å²) in [6, 6.07) is 5.23. The quantitative estimate of drug-likeness (QED) is 0.844. The Hall–Kier alpha value is -1.46. The number of anilines is 1. The monoisotopic (exact) mass is 298 g/mol. The number of methoxy groups -OCH3 is 1. The molecule has 1 fully saturated rings. The fourth-order valence-electron chi connectivity index (χ4n) is 2.09. The zero-order valence-electron chi connectivity index (χ0n) is 11.4. The fourth-order valence-corrected chi connectivity index (χ4v) is 2.26. The Balaban J connectivity index is 1.78. The van der Waals surface area contributed by atoms with E-state index in [1.807, 2.05) is 0 Å². The third-order valence-corrected chi connectivity index (χ3v) is 3.39. The number of benzene rings is 1. The molecule has 2 N–H and O–H groups in total. The Bertz CT molecular complexity index is 462. The molecule has 1 aromatic carbocycles. The van der Waals surface area contributed by atoms with Gasteiger partial charge in [0.2, 0.25) is 5.91 Å². The van der Waals surface area contributed by atoms with Gasteiger partial charge < -0.3 is 20.1 Å². The van der Waals surface area contributed by atoms with E-state index in [0.29, 0.717) is 23.0 Å². The number of rotatable bonds is 6. The third kappa shape index (κ3) is 4.28. The second kappa shape index (κ2) is 7.36.